The van der Waals surface area contributed by atoms with Crippen LogP contribution in [0.5, 0.6) is 5.75 Å². The fourth-order valence-electron chi connectivity index (χ4n) is 2.13. The van der Waals surface area contributed by atoms with Gasteiger partial charge >= 0.3 is 5.97 Å². The molecule has 2 rings (SSSR count). The molecule has 0 bridgehead atoms. The van der Waals surface area contributed by atoms with Crippen LogP contribution in [0.1, 0.15) is 31.1 Å². The second-order valence-corrected chi connectivity index (χ2v) is 8.76. The molecule has 0 heterocycles. The van der Waals surface area contributed by atoms with Crippen molar-refractivity contribution in [2.75, 3.05) is 18.4 Å². The molecule has 8 heteroatoms. The third-order valence-electron chi connectivity index (χ3n) is 3.93. The summed E-state index contributed by atoms with van der Waals surface area (Å²) in [7, 11) is -2.45. The zero-order valence-electron chi connectivity index (χ0n) is 16.2. The molecule has 7 nitrogen and oxygen atoms in total. The van der Waals surface area contributed by atoms with E-state index >= 15 is 0 Å². The Morgan fingerprint density at radius 1 is 1.00 bits per heavy atom. The number of hydrogen-bond acceptors (Lipinski definition) is 6. The Balaban J connectivity index is 2.21. The van der Waals surface area contributed by atoms with Crippen molar-refractivity contribution in [3.63, 3.8) is 0 Å². The van der Waals surface area contributed by atoms with Crippen LogP contribution in [0.25, 0.3) is 0 Å². The van der Waals surface area contributed by atoms with E-state index in [-0.39, 0.29) is 28.5 Å². The van der Waals surface area contributed by atoms with Gasteiger partial charge in [0.2, 0.25) is 0 Å². The van der Waals surface area contributed by atoms with Gasteiger partial charge in [-0.05, 0) is 36.4 Å². The molecule has 28 heavy (non-hydrogen) atoms. The topological polar surface area (TPSA) is 98.8 Å². The Labute approximate surface area is 164 Å². The van der Waals surface area contributed by atoms with E-state index in [0.717, 1.165) is 0 Å². The van der Waals surface area contributed by atoms with Crippen LogP contribution in [-0.2, 0) is 19.6 Å². The van der Waals surface area contributed by atoms with Gasteiger partial charge in [0, 0.05) is 5.41 Å². The first-order valence-electron chi connectivity index (χ1n) is 8.51. The largest absolute Gasteiger partial charge is 0.497 e. The number of rotatable bonds is 7. The summed E-state index contributed by atoms with van der Waals surface area (Å²) in [5.41, 5.74) is -0.566. The number of nitrogens with one attached hydrogen (secondary N) is 1. The minimum atomic E-state index is -3.93. The van der Waals surface area contributed by atoms with E-state index in [1.807, 2.05) is 0 Å². The predicted octanol–water partition coefficient (Wildman–Crippen LogP) is 3.27. The first-order chi connectivity index (χ1) is 13.0. The van der Waals surface area contributed by atoms with Crippen LogP contribution < -0.4 is 9.46 Å². The number of ketones is 1. The Morgan fingerprint density at radius 3 is 2.18 bits per heavy atom. The van der Waals surface area contributed by atoms with Gasteiger partial charge < -0.3 is 9.47 Å². The van der Waals surface area contributed by atoms with Gasteiger partial charge in [-0.1, -0.05) is 32.9 Å². The molecule has 0 atom stereocenters. The second-order valence-electron chi connectivity index (χ2n) is 7.08. The van der Waals surface area contributed by atoms with Gasteiger partial charge in [0.1, 0.15) is 5.75 Å². The highest BCUT2D eigenvalue weighted by atomic mass is 32.2. The number of esters is 1. The lowest BCUT2D eigenvalue weighted by Crippen LogP contribution is -2.26. The van der Waals surface area contributed by atoms with E-state index in [9.17, 15) is 18.0 Å². The summed E-state index contributed by atoms with van der Waals surface area (Å²) in [5.74, 6) is -0.505. The van der Waals surface area contributed by atoms with Gasteiger partial charge in [-0.3, -0.25) is 9.52 Å². The lowest BCUT2D eigenvalue weighted by Gasteiger charge is -2.17. The third kappa shape index (κ3) is 5.32. The highest BCUT2D eigenvalue weighted by Gasteiger charge is 2.24. The molecule has 0 amide bonds. The molecule has 150 valence electrons. The number of Topliss-reactive ketones (excluding diaryl/α,β-unsaturated/α-hetero) is 1. The Bertz CT molecular complexity index is 959. The molecule has 0 saturated carbocycles. The Morgan fingerprint density at radius 2 is 1.61 bits per heavy atom. The fraction of sp³-hybridized carbons (Fsp3) is 0.300. The van der Waals surface area contributed by atoms with Crippen LogP contribution in [0.2, 0.25) is 0 Å². The van der Waals surface area contributed by atoms with Gasteiger partial charge in [-0.15, -0.1) is 0 Å². The molecule has 0 fully saturated rings. The number of methoxy groups -OCH3 is 1. The molecule has 2 aromatic carbocycles. The van der Waals surface area contributed by atoms with Gasteiger partial charge in [0.05, 0.1) is 23.3 Å². The van der Waals surface area contributed by atoms with Crippen molar-refractivity contribution in [1.82, 2.24) is 0 Å². The van der Waals surface area contributed by atoms with Crippen LogP contribution in [0.4, 0.5) is 5.69 Å². The fourth-order valence-corrected chi connectivity index (χ4v) is 3.21. The first-order valence-corrected chi connectivity index (χ1v) is 9.99. The summed E-state index contributed by atoms with van der Waals surface area (Å²) >= 11 is 0. The molecule has 2 aromatic rings. The standard InChI is InChI=1S/C20H23NO6S/c1-20(2,3)18(22)13-27-19(23)16-7-5-6-8-17(16)21-28(24,25)15-11-9-14(26-4)10-12-15/h5-12,21H,13H2,1-4H3. The highest BCUT2D eigenvalue weighted by Crippen LogP contribution is 2.23. The van der Waals surface area contributed by atoms with Gasteiger partial charge in [-0.25, -0.2) is 13.2 Å². The summed E-state index contributed by atoms with van der Waals surface area (Å²) in [6.45, 7) is 4.78. The predicted molar refractivity (Wildman–Crippen MR) is 105 cm³/mol. The smallest absolute Gasteiger partial charge is 0.340 e. The second kappa shape index (κ2) is 8.43. The number of carbonyl (C=O) groups is 2. The van der Waals surface area contributed by atoms with Crippen LogP contribution >= 0.6 is 0 Å². The Hall–Kier alpha value is -2.87. The SMILES string of the molecule is COc1ccc(S(=O)(=O)Nc2ccccc2C(=O)OCC(=O)C(C)(C)C)cc1. The minimum absolute atomic E-state index is 0.0133. The van der Waals surface area contributed by atoms with E-state index in [2.05, 4.69) is 4.72 Å². The van der Waals surface area contributed by atoms with Crippen LogP contribution in [0.3, 0.4) is 0 Å². The summed E-state index contributed by atoms with van der Waals surface area (Å²) in [6.07, 6.45) is 0. The van der Waals surface area contributed by atoms with Crippen molar-refractivity contribution in [2.24, 2.45) is 5.41 Å². The summed E-state index contributed by atoms with van der Waals surface area (Å²) in [5, 5.41) is 0. The normalized spacial score (nSPS) is 11.6. The van der Waals surface area contributed by atoms with E-state index in [1.54, 1.807) is 32.9 Å². The van der Waals surface area contributed by atoms with E-state index in [4.69, 9.17) is 9.47 Å². The monoisotopic (exact) mass is 405 g/mol. The molecule has 0 aliphatic heterocycles. The number of para-hydroxylation sites is 1. The summed E-state index contributed by atoms with van der Waals surface area (Å²) < 4.78 is 37.7. The number of carbonyl (C=O) groups excluding carboxylic acids is 2. The molecule has 0 aromatic heterocycles. The quantitative estimate of drug-likeness (QED) is 0.710. The molecular formula is C20H23NO6S. The average molecular weight is 405 g/mol. The molecule has 1 N–H and O–H groups in total. The zero-order chi connectivity index (χ0) is 20.9. The number of anilines is 1. The van der Waals surface area contributed by atoms with Crippen LogP contribution in [0, 0.1) is 5.41 Å². The van der Waals surface area contributed by atoms with E-state index in [0.29, 0.717) is 5.75 Å². The molecule has 0 aliphatic rings. The van der Waals surface area contributed by atoms with E-state index < -0.39 is 21.4 Å². The van der Waals surface area contributed by atoms with Crippen molar-refractivity contribution in [3.8, 4) is 5.75 Å². The van der Waals surface area contributed by atoms with Crippen molar-refractivity contribution < 1.29 is 27.5 Å². The lowest BCUT2D eigenvalue weighted by atomic mass is 9.91. The number of hydrogen-bond donors (Lipinski definition) is 1. The molecule has 0 unspecified atom stereocenters. The third-order valence-corrected chi connectivity index (χ3v) is 5.31. The van der Waals surface area contributed by atoms with Gasteiger partial charge in [0.15, 0.2) is 12.4 Å². The van der Waals surface area contributed by atoms with Crippen molar-refractivity contribution in [3.05, 3.63) is 54.1 Å². The van der Waals surface area contributed by atoms with Gasteiger partial charge in [0.25, 0.3) is 10.0 Å². The molecule has 0 saturated heterocycles. The molecule has 0 aliphatic carbocycles. The highest BCUT2D eigenvalue weighted by molar-refractivity contribution is 7.92. The van der Waals surface area contributed by atoms with Crippen molar-refractivity contribution >= 4 is 27.5 Å². The lowest BCUT2D eigenvalue weighted by molar-refractivity contribution is -0.129. The van der Waals surface area contributed by atoms with Crippen LogP contribution in [0.15, 0.2) is 53.4 Å². The number of ether oxygens (including phenoxy) is 2. The first kappa shape index (κ1) is 21.4. The summed E-state index contributed by atoms with van der Waals surface area (Å²) in [6, 6.07) is 11.9. The number of benzene rings is 2. The maximum absolute atomic E-state index is 12.6. The zero-order valence-corrected chi connectivity index (χ0v) is 17.0. The maximum Gasteiger partial charge on any atom is 0.340 e. The molecule has 0 radical (unpaired) electrons. The van der Waals surface area contributed by atoms with E-state index in [1.165, 1.54) is 43.5 Å². The average Bonchev–Trinajstić information content (AvgIpc) is 2.65. The van der Waals surface area contributed by atoms with Crippen LogP contribution in [-0.4, -0.2) is 33.9 Å². The van der Waals surface area contributed by atoms with Gasteiger partial charge in [-0.2, -0.15) is 0 Å². The molecular weight excluding hydrogens is 382 g/mol. The van der Waals surface area contributed by atoms with Crippen molar-refractivity contribution in [2.45, 2.75) is 25.7 Å². The molecule has 0 spiro atoms. The number of sulfonamides is 1. The Kier molecular flexibility index (Phi) is 6.45. The maximum atomic E-state index is 12.6. The van der Waals surface area contributed by atoms with Crippen molar-refractivity contribution in [1.29, 1.82) is 0 Å². The summed E-state index contributed by atoms with van der Waals surface area (Å²) in [4.78, 5) is 24.3. The minimum Gasteiger partial charge on any atom is -0.497 e.